The molecule has 12 heteroatoms. The number of hydrogen-bond donors (Lipinski definition) is 2. The molecule has 0 fully saturated rings. The smallest absolute Gasteiger partial charge is 0.335 e. The maximum atomic E-state index is 13.1. The number of rotatable bonds is 11. The highest BCUT2D eigenvalue weighted by atomic mass is 16.5. The minimum atomic E-state index is -1.19. The van der Waals surface area contributed by atoms with E-state index in [-0.39, 0.29) is 33.4 Å². The number of nitrogens with zero attached hydrogens (tertiary/aromatic N) is 2. The van der Waals surface area contributed by atoms with Gasteiger partial charge < -0.3 is 19.7 Å². The van der Waals surface area contributed by atoms with Crippen molar-refractivity contribution in [3.63, 3.8) is 0 Å². The summed E-state index contributed by atoms with van der Waals surface area (Å²) in [7, 11) is 0. The van der Waals surface area contributed by atoms with Gasteiger partial charge in [0.1, 0.15) is 23.0 Å². The van der Waals surface area contributed by atoms with Crippen LogP contribution in [0.5, 0.6) is 23.0 Å². The van der Waals surface area contributed by atoms with Gasteiger partial charge >= 0.3 is 11.9 Å². The van der Waals surface area contributed by atoms with Crippen LogP contribution in [-0.4, -0.2) is 45.8 Å². The van der Waals surface area contributed by atoms with Gasteiger partial charge in [0.2, 0.25) is 0 Å². The molecule has 0 radical (unpaired) electrons. The van der Waals surface area contributed by atoms with Crippen molar-refractivity contribution in [3.05, 3.63) is 214 Å². The first-order chi connectivity index (χ1) is 29.9. The van der Waals surface area contributed by atoms with Gasteiger partial charge in [0, 0.05) is 5.41 Å². The largest absolute Gasteiger partial charge is 0.478 e. The van der Waals surface area contributed by atoms with Gasteiger partial charge in [-0.2, -0.15) is 0 Å². The second-order valence-electron chi connectivity index (χ2n) is 14.8. The lowest BCUT2D eigenvalue weighted by atomic mass is 9.71. The van der Waals surface area contributed by atoms with Crippen molar-refractivity contribution in [3.8, 4) is 23.0 Å². The molecule has 4 amide bonds. The number of benzene rings is 7. The van der Waals surface area contributed by atoms with Crippen molar-refractivity contribution < 1.29 is 48.5 Å². The molecule has 62 heavy (non-hydrogen) atoms. The number of fused-ring (bicyclic) bond motifs is 2. The lowest BCUT2D eigenvalue weighted by Crippen LogP contribution is -2.29. The molecule has 0 spiro atoms. The van der Waals surface area contributed by atoms with Gasteiger partial charge in [-0.15, -0.1) is 0 Å². The monoisotopic (exact) mass is 820 g/mol. The average Bonchev–Trinajstić information content (AvgIpc) is 3.70. The summed E-state index contributed by atoms with van der Waals surface area (Å²) in [5.41, 5.74) is 3.27. The van der Waals surface area contributed by atoms with Crippen LogP contribution in [0.1, 0.15) is 85.8 Å². The van der Waals surface area contributed by atoms with E-state index in [1.807, 2.05) is 66.7 Å². The maximum Gasteiger partial charge on any atom is 0.335 e. The molecule has 7 aromatic rings. The van der Waals surface area contributed by atoms with E-state index in [4.69, 9.17) is 9.47 Å². The Labute approximate surface area is 353 Å². The molecule has 2 aliphatic heterocycles. The minimum Gasteiger partial charge on any atom is -0.478 e. The van der Waals surface area contributed by atoms with Crippen LogP contribution in [0.2, 0.25) is 0 Å². The molecule has 0 bridgehead atoms. The molecule has 0 aromatic heterocycles. The molecule has 0 saturated heterocycles. The fourth-order valence-corrected chi connectivity index (χ4v) is 7.80. The molecule has 0 atom stereocenters. The number of amides is 4. The maximum absolute atomic E-state index is 13.1. The summed E-state index contributed by atoms with van der Waals surface area (Å²) in [6, 6.07) is 46.2. The SMILES string of the molecule is CC(c1ccccc1)(c1ccc(Oc2ccc(N3C(=O)c4ccc(C(=O)O)cc4C3=O)cc2)cc1)c1ccc(Oc2ccc(N3C(=O)c4ccc(C(=O)O)cc4C3=O)cc2)cc1. The standard InChI is InChI=1S/C50H32N2O10/c1-50(31-5-3-2-4-6-31,32-9-17-36(18-10-32)61-38-21-13-34(14-22-38)51-44(53)40-25-7-29(48(57)58)27-42(40)46(51)55)33-11-19-37(20-12-33)62-39-23-15-35(16-24-39)52-45(54)41-26-8-30(49(59)60)28-43(41)47(52)56/h2-28H,1H3,(H,57,58)(H,59,60). The Morgan fingerprint density at radius 3 is 1.10 bits per heavy atom. The second-order valence-corrected chi connectivity index (χ2v) is 14.8. The number of carbonyl (C=O) groups excluding carboxylic acids is 4. The van der Waals surface area contributed by atoms with Gasteiger partial charge in [0.05, 0.1) is 44.8 Å². The van der Waals surface area contributed by atoms with Gasteiger partial charge in [-0.3, -0.25) is 19.2 Å². The van der Waals surface area contributed by atoms with Gasteiger partial charge in [-0.05, 0) is 133 Å². The molecule has 302 valence electrons. The van der Waals surface area contributed by atoms with Crippen LogP contribution in [-0.2, 0) is 5.41 Å². The summed E-state index contributed by atoms with van der Waals surface area (Å²) in [6.45, 7) is 2.13. The normalized spacial score (nSPS) is 13.2. The van der Waals surface area contributed by atoms with Crippen LogP contribution in [0, 0.1) is 0 Å². The van der Waals surface area contributed by atoms with E-state index in [9.17, 15) is 39.0 Å². The summed E-state index contributed by atoms with van der Waals surface area (Å²) >= 11 is 0. The molecular formula is C50H32N2O10. The molecular weight excluding hydrogens is 789 g/mol. The number of carboxylic acid groups (broad SMARTS) is 2. The first kappa shape index (κ1) is 38.9. The van der Waals surface area contributed by atoms with E-state index >= 15 is 0 Å². The van der Waals surface area contributed by atoms with Crippen LogP contribution < -0.4 is 19.3 Å². The molecule has 2 aliphatic rings. The van der Waals surface area contributed by atoms with Gasteiger partial charge in [-0.1, -0.05) is 54.6 Å². The molecule has 2 N–H and O–H groups in total. The van der Waals surface area contributed by atoms with E-state index in [0.29, 0.717) is 34.4 Å². The van der Waals surface area contributed by atoms with Crippen molar-refractivity contribution in [2.75, 3.05) is 9.80 Å². The summed E-state index contributed by atoms with van der Waals surface area (Å²) in [4.78, 5) is 77.3. The zero-order valence-electron chi connectivity index (χ0n) is 32.6. The van der Waals surface area contributed by atoms with Crippen LogP contribution >= 0.6 is 0 Å². The average molecular weight is 821 g/mol. The predicted octanol–water partition coefficient (Wildman–Crippen LogP) is 9.62. The third kappa shape index (κ3) is 6.71. The summed E-state index contributed by atoms with van der Waals surface area (Å²) in [5.74, 6) is -2.59. The summed E-state index contributed by atoms with van der Waals surface area (Å²) in [6.07, 6.45) is 0. The van der Waals surface area contributed by atoms with Crippen LogP contribution in [0.3, 0.4) is 0 Å². The van der Waals surface area contributed by atoms with Crippen molar-refractivity contribution in [2.24, 2.45) is 0 Å². The van der Waals surface area contributed by atoms with E-state index in [2.05, 4.69) is 19.1 Å². The Bertz CT molecular complexity index is 2800. The fraction of sp³-hybridized carbons (Fsp3) is 0.0400. The molecule has 7 aromatic carbocycles. The van der Waals surface area contributed by atoms with Crippen molar-refractivity contribution in [2.45, 2.75) is 12.3 Å². The number of aromatic carboxylic acids is 2. The third-order valence-corrected chi connectivity index (χ3v) is 11.1. The Kier molecular flexibility index (Phi) is 9.52. The minimum absolute atomic E-state index is 0.0388. The highest BCUT2D eigenvalue weighted by Gasteiger charge is 2.39. The highest BCUT2D eigenvalue weighted by molar-refractivity contribution is 6.35. The predicted molar refractivity (Wildman–Crippen MR) is 227 cm³/mol. The number of anilines is 2. The fourth-order valence-electron chi connectivity index (χ4n) is 7.80. The van der Waals surface area contributed by atoms with Gasteiger partial charge in [-0.25, -0.2) is 19.4 Å². The third-order valence-electron chi connectivity index (χ3n) is 11.1. The van der Waals surface area contributed by atoms with Crippen molar-refractivity contribution in [1.82, 2.24) is 0 Å². The number of imide groups is 2. The van der Waals surface area contributed by atoms with E-state index in [0.717, 1.165) is 26.5 Å². The number of carbonyl (C=O) groups is 6. The van der Waals surface area contributed by atoms with E-state index in [1.54, 1.807) is 48.5 Å². The Hall–Kier alpha value is -8.64. The Morgan fingerprint density at radius 2 is 0.742 bits per heavy atom. The molecule has 0 unspecified atom stereocenters. The first-order valence-corrected chi connectivity index (χ1v) is 19.3. The number of ether oxygens (including phenoxy) is 2. The van der Waals surface area contributed by atoms with Crippen molar-refractivity contribution >= 4 is 46.9 Å². The quantitative estimate of drug-likeness (QED) is 0.0947. The molecule has 9 rings (SSSR count). The number of hydrogen-bond acceptors (Lipinski definition) is 8. The summed E-state index contributed by atoms with van der Waals surface area (Å²) < 4.78 is 12.3. The topological polar surface area (TPSA) is 168 Å². The zero-order chi connectivity index (χ0) is 43.3. The molecule has 0 saturated carbocycles. The van der Waals surface area contributed by atoms with Crippen molar-refractivity contribution in [1.29, 1.82) is 0 Å². The summed E-state index contributed by atoms with van der Waals surface area (Å²) in [5, 5.41) is 18.7. The lowest BCUT2D eigenvalue weighted by Gasteiger charge is -2.32. The highest BCUT2D eigenvalue weighted by Crippen LogP contribution is 2.41. The molecule has 12 nitrogen and oxygen atoms in total. The van der Waals surface area contributed by atoms with Crippen LogP contribution in [0.25, 0.3) is 0 Å². The van der Waals surface area contributed by atoms with E-state index < -0.39 is 41.0 Å². The first-order valence-electron chi connectivity index (χ1n) is 19.3. The van der Waals surface area contributed by atoms with Crippen LogP contribution in [0.15, 0.2) is 164 Å². The zero-order valence-corrected chi connectivity index (χ0v) is 32.6. The molecule has 0 aliphatic carbocycles. The Morgan fingerprint density at radius 1 is 0.419 bits per heavy atom. The van der Waals surface area contributed by atoms with E-state index in [1.165, 1.54) is 36.4 Å². The van der Waals surface area contributed by atoms with Gasteiger partial charge in [0.15, 0.2) is 0 Å². The molecule has 2 heterocycles. The number of carboxylic acids is 2. The van der Waals surface area contributed by atoms with Gasteiger partial charge in [0.25, 0.3) is 23.6 Å². The Balaban J connectivity index is 0.895. The second kappa shape index (κ2) is 15.2. The lowest BCUT2D eigenvalue weighted by molar-refractivity contribution is 0.0686. The van der Waals surface area contributed by atoms with Crippen LogP contribution in [0.4, 0.5) is 11.4 Å².